The topological polar surface area (TPSA) is 38.0 Å². The van der Waals surface area contributed by atoms with E-state index in [0.717, 1.165) is 18.4 Å². The smallest absolute Gasteiger partial charge is 0.0466 e. The molecule has 92 valence electrons. The van der Waals surface area contributed by atoms with E-state index in [-0.39, 0.29) is 5.54 Å². The number of hydrogen-bond donors (Lipinski definition) is 2. The number of nitrogens with one attached hydrogen (secondary N) is 1. The molecule has 1 aromatic carbocycles. The largest absolute Gasteiger partial charge is 0.330 e. The van der Waals surface area contributed by atoms with Gasteiger partial charge in [0.2, 0.25) is 0 Å². The molecular weight excluding hydrogens is 208 g/mol. The molecule has 0 spiro atoms. The SMILES string of the molecule is CN[C@]12CC[C@H](CN)C[C@H]1Cc1ccccc12. The fourth-order valence-electron chi connectivity index (χ4n) is 4.05. The minimum Gasteiger partial charge on any atom is -0.330 e. The van der Waals surface area contributed by atoms with E-state index in [2.05, 4.69) is 36.6 Å². The van der Waals surface area contributed by atoms with Gasteiger partial charge < -0.3 is 11.1 Å². The van der Waals surface area contributed by atoms with Crippen molar-refractivity contribution in [2.75, 3.05) is 13.6 Å². The molecule has 0 heterocycles. The molecule has 2 nitrogen and oxygen atoms in total. The third-order valence-electron chi connectivity index (χ3n) is 5.01. The lowest BCUT2D eigenvalue weighted by Crippen LogP contribution is -2.48. The molecule has 0 amide bonds. The van der Waals surface area contributed by atoms with Crippen molar-refractivity contribution >= 4 is 0 Å². The number of nitrogens with two attached hydrogens (primary N) is 1. The van der Waals surface area contributed by atoms with Gasteiger partial charge in [-0.25, -0.2) is 0 Å². The van der Waals surface area contributed by atoms with Gasteiger partial charge in [-0.05, 0) is 62.2 Å². The highest BCUT2D eigenvalue weighted by atomic mass is 15.0. The molecule has 2 aliphatic carbocycles. The molecule has 1 saturated carbocycles. The van der Waals surface area contributed by atoms with Crippen LogP contribution in [0.1, 0.15) is 30.4 Å². The van der Waals surface area contributed by atoms with Crippen LogP contribution in [-0.4, -0.2) is 13.6 Å². The fourth-order valence-corrected chi connectivity index (χ4v) is 4.05. The van der Waals surface area contributed by atoms with Gasteiger partial charge in [0.15, 0.2) is 0 Å². The van der Waals surface area contributed by atoms with Crippen LogP contribution < -0.4 is 11.1 Å². The Hall–Kier alpha value is -0.860. The second kappa shape index (κ2) is 4.11. The lowest BCUT2D eigenvalue weighted by molar-refractivity contribution is 0.131. The maximum atomic E-state index is 5.86. The van der Waals surface area contributed by atoms with E-state index in [9.17, 15) is 0 Å². The van der Waals surface area contributed by atoms with Crippen molar-refractivity contribution in [1.82, 2.24) is 5.32 Å². The molecular formula is C15H22N2. The van der Waals surface area contributed by atoms with Crippen LogP contribution in [0.25, 0.3) is 0 Å². The Morgan fingerprint density at radius 2 is 2.24 bits per heavy atom. The molecule has 3 rings (SSSR count). The molecule has 0 aromatic heterocycles. The first kappa shape index (κ1) is 11.2. The van der Waals surface area contributed by atoms with Crippen molar-refractivity contribution in [2.45, 2.75) is 31.2 Å². The molecule has 1 aromatic rings. The molecule has 0 aliphatic heterocycles. The summed E-state index contributed by atoms with van der Waals surface area (Å²) in [6.45, 7) is 0.854. The van der Waals surface area contributed by atoms with Crippen LogP contribution in [-0.2, 0) is 12.0 Å². The zero-order valence-electron chi connectivity index (χ0n) is 10.6. The summed E-state index contributed by atoms with van der Waals surface area (Å²) in [6, 6.07) is 8.95. The van der Waals surface area contributed by atoms with Crippen LogP contribution in [0, 0.1) is 11.8 Å². The molecule has 1 fully saturated rings. The summed E-state index contributed by atoms with van der Waals surface area (Å²) < 4.78 is 0. The third kappa shape index (κ3) is 1.54. The quantitative estimate of drug-likeness (QED) is 0.816. The lowest BCUT2D eigenvalue weighted by Gasteiger charge is -2.43. The highest BCUT2D eigenvalue weighted by molar-refractivity contribution is 5.40. The standard InChI is InChI=1S/C15H22N2/c1-17-15-7-6-11(10-16)8-13(15)9-12-4-2-3-5-14(12)15/h2-5,11,13,17H,6-10,16H2,1H3/t11-,13-,15+/m0/s1. The van der Waals surface area contributed by atoms with E-state index in [1.165, 1.54) is 25.7 Å². The Morgan fingerprint density at radius 1 is 1.41 bits per heavy atom. The van der Waals surface area contributed by atoms with E-state index in [1.54, 1.807) is 11.1 Å². The Morgan fingerprint density at radius 3 is 3.00 bits per heavy atom. The van der Waals surface area contributed by atoms with Gasteiger partial charge in [0.1, 0.15) is 0 Å². The van der Waals surface area contributed by atoms with Crippen LogP contribution in [0.3, 0.4) is 0 Å². The van der Waals surface area contributed by atoms with E-state index >= 15 is 0 Å². The number of benzene rings is 1. The van der Waals surface area contributed by atoms with Crippen molar-refractivity contribution in [2.24, 2.45) is 17.6 Å². The lowest BCUT2D eigenvalue weighted by atomic mass is 9.69. The summed E-state index contributed by atoms with van der Waals surface area (Å²) in [5.41, 5.74) is 9.18. The van der Waals surface area contributed by atoms with Crippen molar-refractivity contribution < 1.29 is 0 Å². The molecule has 3 N–H and O–H groups in total. The normalized spacial score (nSPS) is 35.4. The number of fused-ring (bicyclic) bond motifs is 3. The van der Waals surface area contributed by atoms with Gasteiger partial charge in [0.05, 0.1) is 0 Å². The van der Waals surface area contributed by atoms with Gasteiger partial charge in [0.25, 0.3) is 0 Å². The molecule has 2 heteroatoms. The van der Waals surface area contributed by atoms with E-state index in [4.69, 9.17) is 5.73 Å². The zero-order chi connectivity index (χ0) is 11.9. The van der Waals surface area contributed by atoms with Crippen molar-refractivity contribution in [3.8, 4) is 0 Å². The molecule has 0 radical (unpaired) electrons. The fraction of sp³-hybridized carbons (Fsp3) is 0.600. The highest BCUT2D eigenvalue weighted by Gasteiger charge is 2.48. The van der Waals surface area contributed by atoms with Crippen molar-refractivity contribution in [3.05, 3.63) is 35.4 Å². The van der Waals surface area contributed by atoms with Gasteiger partial charge in [-0.3, -0.25) is 0 Å². The van der Waals surface area contributed by atoms with Gasteiger partial charge in [-0.1, -0.05) is 24.3 Å². The summed E-state index contributed by atoms with van der Waals surface area (Å²) in [5, 5.41) is 3.64. The second-order valence-electron chi connectivity index (χ2n) is 5.66. The van der Waals surface area contributed by atoms with Crippen LogP contribution >= 0.6 is 0 Å². The summed E-state index contributed by atoms with van der Waals surface area (Å²) in [5.74, 6) is 1.47. The predicted molar refractivity (Wildman–Crippen MR) is 70.8 cm³/mol. The first-order chi connectivity index (χ1) is 8.30. The summed E-state index contributed by atoms with van der Waals surface area (Å²) in [6.07, 6.45) is 5.02. The van der Waals surface area contributed by atoms with E-state index in [1.807, 2.05) is 0 Å². The summed E-state index contributed by atoms with van der Waals surface area (Å²) in [7, 11) is 2.12. The Kier molecular flexibility index (Phi) is 2.72. The van der Waals surface area contributed by atoms with E-state index in [0.29, 0.717) is 0 Å². The van der Waals surface area contributed by atoms with Crippen LogP contribution in [0.2, 0.25) is 0 Å². The average molecular weight is 230 g/mol. The molecule has 17 heavy (non-hydrogen) atoms. The Bertz CT molecular complexity index is 415. The maximum Gasteiger partial charge on any atom is 0.0466 e. The van der Waals surface area contributed by atoms with Crippen molar-refractivity contribution in [3.63, 3.8) is 0 Å². The molecule has 0 saturated heterocycles. The van der Waals surface area contributed by atoms with Crippen LogP contribution in [0.4, 0.5) is 0 Å². The minimum atomic E-state index is 0.238. The van der Waals surface area contributed by atoms with Gasteiger partial charge in [0, 0.05) is 5.54 Å². The summed E-state index contributed by atoms with van der Waals surface area (Å²) in [4.78, 5) is 0. The monoisotopic (exact) mass is 230 g/mol. The predicted octanol–water partition coefficient (Wildman–Crippen LogP) is 2.03. The van der Waals surface area contributed by atoms with Crippen molar-refractivity contribution in [1.29, 1.82) is 0 Å². The molecule has 2 aliphatic rings. The summed E-state index contributed by atoms with van der Waals surface area (Å²) >= 11 is 0. The molecule has 0 bridgehead atoms. The van der Waals surface area contributed by atoms with Crippen LogP contribution in [0.5, 0.6) is 0 Å². The Balaban J connectivity index is 1.99. The Labute approximate surface area is 104 Å². The number of hydrogen-bond acceptors (Lipinski definition) is 2. The maximum absolute atomic E-state index is 5.86. The third-order valence-corrected chi connectivity index (χ3v) is 5.01. The first-order valence-corrected chi connectivity index (χ1v) is 6.77. The second-order valence-corrected chi connectivity index (χ2v) is 5.66. The molecule has 0 unspecified atom stereocenters. The first-order valence-electron chi connectivity index (χ1n) is 6.77. The minimum absolute atomic E-state index is 0.238. The van der Waals surface area contributed by atoms with E-state index < -0.39 is 0 Å². The zero-order valence-corrected chi connectivity index (χ0v) is 10.6. The highest BCUT2D eigenvalue weighted by Crippen LogP contribution is 2.50. The van der Waals surface area contributed by atoms with Gasteiger partial charge in [-0.15, -0.1) is 0 Å². The average Bonchev–Trinajstić information content (AvgIpc) is 2.72. The number of rotatable bonds is 2. The molecule has 3 atom stereocenters. The van der Waals surface area contributed by atoms with Crippen LogP contribution in [0.15, 0.2) is 24.3 Å². The van der Waals surface area contributed by atoms with Gasteiger partial charge >= 0.3 is 0 Å². The van der Waals surface area contributed by atoms with Gasteiger partial charge in [-0.2, -0.15) is 0 Å².